The minimum Gasteiger partial charge on any atom is -0.270 e. The maximum absolute atomic E-state index is 11.3. The van der Waals surface area contributed by atoms with Gasteiger partial charge in [-0.05, 0) is 34.6 Å². The van der Waals surface area contributed by atoms with Gasteiger partial charge >= 0.3 is 5.69 Å². The fraction of sp³-hybridized carbons (Fsp3) is 0.250. The summed E-state index contributed by atoms with van der Waals surface area (Å²) in [4.78, 5) is 19.5. The van der Waals surface area contributed by atoms with Gasteiger partial charge in [-0.1, -0.05) is 0 Å². The number of hydrogen-bond acceptors (Lipinski definition) is 5. The molecule has 2 rings (SSSR count). The highest BCUT2D eigenvalue weighted by atomic mass is 79.9. The van der Waals surface area contributed by atoms with Crippen molar-refractivity contribution in [2.75, 3.05) is 0 Å². The second kappa shape index (κ2) is 4.79. The van der Waals surface area contributed by atoms with Gasteiger partial charge in [0.2, 0.25) is 0 Å². The molecule has 0 aliphatic heterocycles. The molecule has 0 radical (unpaired) electrons. The highest BCUT2D eigenvalue weighted by molar-refractivity contribution is 9.10. The minimum atomic E-state index is -0.220. The smallest absolute Gasteiger partial charge is 0.270 e. The lowest BCUT2D eigenvalue weighted by molar-refractivity contribution is 0.659. The van der Waals surface area contributed by atoms with Gasteiger partial charge in [0, 0.05) is 18.9 Å². The van der Waals surface area contributed by atoms with Crippen LogP contribution in [0.4, 0.5) is 0 Å². The number of nitrogens with zero attached hydrogens (tertiary/aromatic N) is 4. The second-order valence-electron chi connectivity index (χ2n) is 2.84. The first-order valence-electron chi connectivity index (χ1n) is 4.51. The largest absolute Gasteiger partial charge is 0.343 e. The molecular formula is C8H8BrN5OS. The van der Waals surface area contributed by atoms with E-state index < -0.39 is 0 Å². The molecule has 0 saturated heterocycles. The lowest BCUT2D eigenvalue weighted by Gasteiger charge is -2.00. The van der Waals surface area contributed by atoms with Gasteiger partial charge in [-0.15, -0.1) is 5.10 Å². The summed E-state index contributed by atoms with van der Waals surface area (Å²) in [5, 5.41) is 7.41. The average molecular weight is 302 g/mol. The molecule has 2 aromatic heterocycles. The Morgan fingerprint density at radius 1 is 1.50 bits per heavy atom. The fourth-order valence-corrected chi connectivity index (χ4v) is 2.09. The van der Waals surface area contributed by atoms with E-state index in [2.05, 4.69) is 36.1 Å². The molecule has 8 heteroatoms. The van der Waals surface area contributed by atoms with E-state index in [9.17, 15) is 4.79 Å². The molecule has 2 heterocycles. The van der Waals surface area contributed by atoms with Crippen LogP contribution in [0.1, 0.15) is 6.92 Å². The van der Waals surface area contributed by atoms with Crippen LogP contribution in [-0.4, -0.2) is 24.7 Å². The van der Waals surface area contributed by atoms with Crippen molar-refractivity contribution in [2.24, 2.45) is 0 Å². The molecule has 0 aliphatic carbocycles. The standard InChI is InChI=1S/C8H8BrN5OS/c1-2-14-7(15)12-13-8(14)16-6-10-3-5(9)4-11-6/h3-4H,2H2,1H3,(H,12,15). The number of nitrogens with one attached hydrogen (secondary N) is 1. The Kier molecular flexibility index (Phi) is 3.39. The third kappa shape index (κ3) is 2.33. The normalized spacial score (nSPS) is 10.6. The van der Waals surface area contributed by atoms with Crippen LogP contribution >= 0.6 is 27.7 Å². The number of halogens is 1. The van der Waals surface area contributed by atoms with Crippen LogP contribution in [-0.2, 0) is 6.54 Å². The lowest BCUT2D eigenvalue weighted by atomic mass is 10.7. The summed E-state index contributed by atoms with van der Waals surface area (Å²) in [6.45, 7) is 2.44. The number of H-pyrrole nitrogens is 1. The molecule has 0 saturated carbocycles. The average Bonchev–Trinajstić information content (AvgIpc) is 2.63. The van der Waals surface area contributed by atoms with Crippen molar-refractivity contribution >= 4 is 27.7 Å². The maximum atomic E-state index is 11.3. The zero-order valence-corrected chi connectivity index (χ0v) is 10.7. The van der Waals surface area contributed by atoms with Gasteiger partial charge < -0.3 is 0 Å². The van der Waals surface area contributed by atoms with Gasteiger partial charge in [0.1, 0.15) is 0 Å². The van der Waals surface area contributed by atoms with Gasteiger partial charge in [0.05, 0.1) is 4.47 Å². The van der Waals surface area contributed by atoms with E-state index in [1.165, 1.54) is 16.3 Å². The second-order valence-corrected chi connectivity index (χ2v) is 4.69. The monoisotopic (exact) mass is 301 g/mol. The highest BCUT2D eigenvalue weighted by Crippen LogP contribution is 2.21. The van der Waals surface area contributed by atoms with Gasteiger partial charge in [-0.25, -0.2) is 19.9 Å². The highest BCUT2D eigenvalue weighted by Gasteiger charge is 2.09. The molecule has 0 bridgehead atoms. The Morgan fingerprint density at radius 2 is 2.19 bits per heavy atom. The van der Waals surface area contributed by atoms with Crippen LogP contribution in [0.3, 0.4) is 0 Å². The molecule has 2 aromatic rings. The quantitative estimate of drug-likeness (QED) is 0.865. The first-order chi connectivity index (χ1) is 7.70. The molecule has 84 valence electrons. The van der Waals surface area contributed by atoms with Crippen molar-refractivity contribution in [3.8, 4) is 0 Å². The number of rotatable bonds is 3. The third-order valence-electron chi connectivity index (χ3n) is 1.82. The van der Waals surface area contributed by atoms with Gasteiger partial charge in [-0.2, -0.15) is 0 Å². The van der Waals surface area contributed by atoms with Gasteiger partial charge in [0.25, 0.3) is 0 Å². The Labute approximate surface area is 104 Å². The number of aromatic amines is 1. The van der Waals surface area contributed by atoms with E-state index in [0.717, 1.165) is 4.47 Å². The predicted octanol–water partition coefficient (Wildman–Crippen LogP) is 1.29. The Balaban J connectivity index is 2.27. The molecule has 0 aliphatic rings. The predicted molar refractivity (Wildman–Crippen MR) is 62.4 cm³/mol. The molecular weight excluding hydrogens is 294 g/mol. The topological polar surface area (TPSA) is 76.5 Å². The summed E-state index contributed by atoms with van der Waals surface area (Å²) in [5.41, 5.74) is -0.220. The van der Waals surface area contributed by atoms with Gasteiger partial charge in [-0.3, -0.25) is 4.57 Å². The fourth-order valence-electron chi connectivity index (χ4n) is 1.09. The van der Waals surface area contributed by atoms with Crippen molar-refractivity contribution in [3.63, 3.8) is 0 Å². The number of aromatic nitrogens is 5. The molecule has 0 atom stereocenters. The van der Waals surface area contributed by atoms with Crippen LogP contribution < -0.4 is 5.69 Å². The summed E-state index contributed by atoms with van der Waals surface area (Å²) in [6, 6.07) is 0. The molecule has 1 N–H and O–H groups in total. The summed E-state index contributed by atoms with van der Waals surface area (Å²) in [7, 11) is 0. The van der Waals surface area contributed by atoms with Crippen LogP contribution in [0.15, 0.2) is 32.0 Å². The third-order valence-corrected chi connectivity index (χ3v) is 3.12. The molecule has 0 fully saturated rings. The van der Waals surface area contributed by atoms with Crippen LogP contribution in [0.2, 0.25) is 0 Å². The SMILES string of the molecule is CCn1c(Sc2ncc(Br)cn2)n[nH]c1=O. The Bertz CT molecular complexity index is 534. The maximum Gasteiger partial charge on any atom is 0.343 e. The van der Waals surface area contributed by atoms with E-state index in [1.54, 1.807) is 12.4 Å². The van der Waals surface area contributed by atoms with Crippen molar-refractivity contribution in [2.45, 2.75) is 23.8 Å². The van der Waals surface area contributed by atoms with Crippen molar-refractivity contribution in [1.29, 1.82) is 0 Å². The minimum absolute atomic E-state index is 0.220. The van der Waals surface area contributed by atoms with E-state index in [-0.39, 0.29) is 5.69 Å². The zero-order chi connectivity index (χ0) is 11.5. The number of hydrogen-bond donors (Lipinski definition) is 1. The van der Waals surface area contributed by atoms with Crippen LogP contribution in [0, 0.1) is 0 Å². The molecule has 0 aromatic carbocycles. The van der Waals surface area contributed by atoms with Crippen molar-refractivity contribution < 1.29 is 0 Å². The molecule has 6 nitrogen and oxygen atoms in total. The molecule has 0 amide bonds. The molecule has 16 heavy (non-hydrogen) atoms. The van der Waals surface area contributed by atoms with E-state index in [1.807, 2.05) is 6.92 Å². The van der Waals surface area contributed by atoms with Crippen LogP contribution in [0.5, 0.6) is 0 Å². The molecule has 0 unspecified atom stereocenters. The van der Waals surface area contributed by atoms with Crippen molar-refractivity contribution in [3.05, 3.63) is 27.4 Å². The van der Waals surface area contributed by atoms with Crippen LogP contribution in [0.25, 0.3) is 0 Å². The van der Waals surface area contributed by atoms with Crippen molar-refractivity contribution in [1.82, 2.24) is 24.7 Å². The summed E-state index contributed by atoms with van der Waals surface area (Å²) in [6.07, 6.45) is 3.30. The summed E-state index contributed by atoms with van der Waals surface area (Å²) < 4.78 is 2.34. The van der Waals surface area contributed by atoms with Gasteiger partial charge in [0.15, 0.2) is 10.3 Å². The first kappa shape index (κ1) is 11.3. The summed E-state index contributed by atoms with van der Waals surface area (Å²) >= 11 is 4.50. The zero-order valence-electron chi connectivity index (χ0n) is 8.35. The molecule has 0 spiro atoms. The first-order valence-corrected chi connectivity index (χ1v) is 6.12. The van der Waals surface area contributed by atoms with E-state index >= 15 is 0 Å². The lowest BCUT2D eigenvalue weighted by Crippen LogP contribution is -2.16. The Hall–Kier alpha value is -1.15. The van der Waals surface area contributed by atoms with E-state index in [4.69, 9.17) is 0 Å². The Morgan fingerprint density at radius 3 is 2.81 bits per heavy atom. The summed E-state index contributed by atoms with van der Waals surface area (Å²) in [5.74, 6) is 0. The van der Waals surface area contributed by atoms with E-state index in [0.29, 0.717) is 16.9 Å².